The molecule has 0 saturated carbocycles. The zero-order chi connectivity index (χ0) is 15.8. The molecule has 0 aromatic heterocycles. The van der Waals surface area contributed by atoms with Gasteiger partial charge in [-0.1, -0.05) is 6.07 Å². The zero-order valence-corrected chi connectivity index (χ0v) is 11.8. The van der Waals surface area contributed by atoms with Crippen molar-refractivity contribution >= 4 is 17.8 Å². The highest BCUT2D eigenvalue weighted by Gasteiger charge is 2.16. The van der Waals surface area contributed by atoms with Crippen LogP contribution in [-0.2, 0) is 14.3 Å². The molecule has 0 heterocycles. The number of carbonyl (C=O) groups is 3. The molecule has 21 heavy (non-hydrogen) atoms. The third-order valence-electron chi connectivity index (χ3n) is 2.52. The van der Waals surface area contributed by atoms with Gasteiger partial charge in [-0.15, -0.1) is 0 Å². The van der Waals surface area contributed by atoms with Gasteiger partial charge in [-0.25, -0.2) is 9.18 Å². The van der Waals surface area contributed by atoms with Crippen molar-refractivity contribution in [3.63, 3.8) is 0 Å². The van der Waals surface area contributed by atoms with E-state index in [1.807, 2.05) is 0 Å². The number of halogens is 1. The molecule has 0 fully saturated rings. The van der Waals surface area contributed by atoms with Crippen molar-refractivity contribution in [2.24, 2.45) is 0 Å². The first-order valence-corrected chi connectivity index (χ1v) is 6.43. The Hall–Kier alpha value is -2.44. The molecular formula is C14H17FN2O4. The molecule has 1 atom stereocenters. The Balaban J connectivity index is 2.42. The van der Waals surface area contributed by atoms with E-state index >= 15 is 0 Å². The summed E-state index contributed by atoms with van der Waals surface area (Å²) in [5.74, 6) is -2.32. The minimum absolute atomic E-state index is 0.0135. The quantitative estimate of drug-likeness (QED) is 0.754. The van der Waals surface area contributed by atoms with E-state index in [-0.39, 0.29) is 11.5 Å². The van der Waals surface area contributed by atoms with Gasteiger partial charge in [0.2, 0.25) is 5.91 Å². The summed E-state index contributed by atoms with van der Waals surface area (Å²) in [5, 5.41) is 4.92. The fraction of sp³-hybridized carbons (Fsp3) is 0.357. The van der Waals surface area contributed by atoms with Gasteiger partial charge in [0.05, 0.1) is 5.56 Å². The van der Waals surface area contributed by atoms with Crippen LogP contribution in [0.4, 0.5) is 4.39 Å². The Kier molecular flexibility index (Phi) is 6.32. The SMILES string of the molecule is CCNC(=O)[C@@H](C)NC(=O)COC(=O)c1cccc(F)c1. The van der Waals surface area contributed by atoms with Crippen LogP contribution in [0.3, 0.4) is 0 Å². The molecule has 0 aliphatic heterocycles. The lowest BCUT2D eigenvalue weighted by molar-refractivity contribution is -0.130. The fourth-order valence-electron chi connectivity index (χ4n) is 1.51. The van der Waals surface area contributed by atoms with Gasteiger partial charge in [0, 0.05) is 6.54 Å². The highest BCUT2D eigenvalue weighted by Crippen LogP contribution is 2.05. The second kappa shape index (κ2) is 7.98. The number of ether oxygens (including phenoxy) is 1. The molecule has 1 aromatic carbocycles. The Morgan fingerprint density at radius 2 is 2.05 bits per heavy atom. The molecular weight excluding hydrogens is 279 g/mol. The molecule has 1 aromatic rings. The summed E-state index contributed by atoms with van der Waals surface area (Å²) in [4.78, 5) is 34.5. The molecule has 2 N–H and O–H groups in total. The third-order valence-corrected chi connectivity index (χ3v) is 2.52. The number of carbonyl (C=O) groups excluding carboxylic acids is 3. The molecule has 0 unspecified atom stereocenters. The maximum absolute atomic E-state index is 12.9. The van der Waals surface area contributed by atoms with Gasteiger partial charge in [-0.2, -0.15) is 0 Å². The normalized spacial score (nSPS) is 11.4. The number of hydrogen-bond donors (Lipinski definition) is 2. The monoisotopic (exact) mass is 296 g/mol. The predicted octanol–water partition coefficient (Wildman–Crippen LogP) is 0.623. The molecule has 0 saturated heterocycles. The Morgan fingerprint density at radius 1 is 1.33 bits per heavy atom. The molecule has 6 nitrogen and oxygen atoms in total. The maximum atomic E-state index is 12.9. The molecule has 0 radical (unpaired) electrons. The molecule has 114 valence electrons. The standard InChI is InChI=1S/C14H17FN2O4/c1-3-16-13(19)9(2)17-12(18)8-21-14(20)10-5-4-6-11(15)7-10/h4-7,9H,3,8H2,1-2H3,(H,16,19)(H,17,18)/t9-/m1/s1. The van der Waals surface area contributed by atoms with Crippen LogP contribution in [0.1, 0.15) is 24.2 Å². The molecule has 1 rings (SSSR count). The van der Waals surface area contributed by atoms with Crippen LogP contribution in [-0.4, -0.2) is 37.0 Å². The van der Waals surface area contributed by atoms with E-state index in [0.29, 0.717) is 6.54 Å². The summed E-state index contributed by atoms with van der Waals surface area (Å²) >= 11 is 0. The largest absolute Gasteiger partial charge is 0.452 e. The molecule has 0 aliphatic carbocycles. The Morgan fingerprint density at radius 3 is 2.67 bits per heavy atom. The highest BCUT2D eigenvalue weighted by atomic mass is 19.1. The van der Waals surface area contributed by atoms with Crippen molar-refractivity contribution in [2.75, 3.05) is 13.2 Å². The molecule has 0 spiro atoms. The summed E-state index contributed by atoms with van der Waals surface area (Å²) < 4.78 is 17.7. The van der Waals surface area contributed by atoms with Gasteiger partial charge in [-0.05, 0) is 32.0 Å². The van der Waals surface area contributed by atoms with E-state index in [2.05, 4.69) is 10.6 Å². The maximum Gasteiger partial charge on any atom is 0.338 e. The van der Waals surface area contributed by atoms with Crippen molar-refractivity contribution in [1.29, 1.82) is 0 Å². The summed E-state index contributed by atoms with van der Waals surface area (Å²) in [6.45, 7) is 3.18. The average molecular weight is 296 g/mol. The van der Waals surface area contributed by atoms with Crippen LogP contribution in [0.25, 0.3) is 0 Å². The lowest BCUT2D eigenvalue weighted by Gasteiger charge is -2.13. The Labute approximate surface area is 121 Å². The minimum Gasteiger partial charge on any atom is -0.452 e. The van der Waals surface area contributed by atoms with E-state index in [4.69, 9.17) is 4.74 Å². The molecule has 0 bridgehead atoms. The van der Waals surface area contributed by atoms with Gasteiger partial charge < -0.3 is 15.4 Å². The summed E-state index contributed by atoms with van der Waals surface area (Å²) in [5.41, 5.74) is 0.0135. The van der Waals surface area contributed by atoms with E-state index < -0.39 is 30.3 Å². The van der Waals surface area contributed by atoms with Gasteiger partial charge in [0.25, 0.3) is 5.91 Å². The number of rotatable bonds is 6. The number of hydrogen-bond acceptors (Lipinski definition) is 4. The second-order valence-electron chi connectivity index (χ2n) is 4.27. The van der Waals surface area contributed by atoms with Gasteiger partial charge >= 0.3 is 5.97 Å². The van der Waals surface area contributed by atoms with Crippen molar-refractivity contribution < 1.29 is 23.5 Å². The number of esters is 1. The minimum atomic E-state index is -0.810. The van der Waals surface area contributed by atoms with Crippen LogP contribution in [0.2, 0.25) is 0 Å². The number of benzene rings is 1. The lowest BCUT2D eigenvalue weighted by atomic mass is 10.2. The summed E-state index contributed by atoms with van der Waals surface area (Å²) in [6.07, 6.45) is 0. The predicted molar refractivity (Wildman–Crippen MR) is 73.0 cm³/mol. The first-order valence-electron chi connectivity index (χ1n) is 6.43. The Bertz CT molecular complexity index is 533. The first-order chi connectivity index (χ1) is 9.93. The number of amides is 2. The first kappa shape index (κ1) is 16.6. The van der Waals surface area contributed by atoms with Crippen LogP contribution in [0.5, 0.6) is 0 Å². The van der Waals surface area contributed by atoms with Gasteiger partial charge in [0.15, 0.2) is 6.61 Å². The smallest absolute Gasteiger partial charge is 0.338 e. The highest BCUT2D eigenvalue weighted by molar-refractivity contribution is 5.92. The summed E-state index contributed by atoms with van der Waals surface area (Å²) in [6, 6.07) is 4.21. The average Bonchev–Trinajstić information content (AvgIpc) is 2.45. The zero-order valence-electron chi connectivity index (χ0n) is 11.8. The van der Waals surface area contributed by atoms with Gasteiger partial charge in [0.1, 0.15) is 11.9 Å². The molecule has 0 aliphatic rings. The van der Waals surface area contributed by atoms with E-state index in [9.17, 15) is 18.8 Å². The van der Waals surface area contributed by atoms with Crippen LogP contribution in [0, 0.1) is 5.82 Å². The number of likely N-dealkylation sites (N-methyl/N-ethyl adjacent to an activating group) is 1. The van der Waals surface area contributed by atoms with Crippen molar-refractivity contribution in [3.8, 4) is 0 Å². The van der Waals surface area contributed by atoms with Crippen LogP contribution < -0.4 is 10.6 Å². The van der Waals surface area contributed by atoms with Crippen molar-refractivity contribution in [3.05, 3.63) is 35.6 Å². The molecule has 7 heteroatoms. The second-order valence-corrected chi connectivity index (χ2v) is 4.27. The van der Waals surface area contributed by atoms with E-state index in [1.165, 1.54) is 25.1 Å². The van der Waals surface area contributed by atoms with Crippen molar-refractivity contribution in [2.45, 2.75) is 19.9 Å². The topological polar surface area (TPSA) is 84.5 Å². The lowest BCUT2D eigenvalue weighted by Crippen LogP contribution is -2.46. The van der Waals surface area contributed by atoms with Crippen molar-refractivity contribution in [1.82, 2.24) is 10.6 Å². The third kappa shape index (κ3) is 5.60. The van der Waals surface area contributed by atoms with E-state index in [0.717, 1.165) is 6.07 Å². The summed E-state index contributed by atoms with van der Waals surface area (Å²) in [7, 11) is 0. The molecule has 2 amide bonds. The fourth-order valence-corrected chi connectivity index (χ4v) is 1.51. The van der Waals surface area contributed by atoms with Gasteiger partial charge in [-0.3, -0.25) is 9.59 Å². The van der Waals surface area contributed by atoms with E-state index in [1.54, 1.807) is 6.92 Å². The van der Waals surface area contributed by atoms with Crippen LogP contribution >= 0.6 is 0 Å². The van der Waals surface area contributed by atoms with Crippen LogP contribution in [0.15, 0.2) is 24.3 Å². The number of nitrogens with one attached hydrogen (secondary N) is 2.